The van der Waals surface area contributed by atoms with E-state index in [9.17, 15) is 4.79 Å². The minimum Gasteiger partial charge on any atom is -0.490 e. The summed E-state index contributed by atoms with van der Waals surface area (Å²) < 4.78 is 17.0. The van der Waals surface area contributed by atoms with Gasteiger partial charge in [-0.05, 0) is 24.0 Å². The van der Waals surface area contributed by atoms with Gasteiger partial charge >= 0.3 is 0 Å². The van der Waals surface area contributed by atoms with E-state index >= 15 is 0 Å². The van der Waals surface area contributed by atoms with E-state index in [1.165, 1.54) is 11.8 Å². The van der Waals surface area contributed by atoms with Crippen molar-refractivity contribution in [2.24, 2.45) is 0 Å². The lowest BCUT2D eigenvalue weighted by Crippen LogP contribution is -2.24. The molecule has 1 N–H and O–H groups in total. The van der Waals surface area contributed by atoms with Crippen molar-refractivity contribution in [2.75, 3.05) is 18.9 Å². The van der Waals surface area contributed by atoms with Crippen LogP contribution in [-0.4, -0.2) is 24.1 Å². The topological polar surface area (TPSA) is 60.7 Å². The zero-order valence-electron chi connectivity index (χ0n) is 12.8. The molecule has 1 aliphatic rings. The van der Waals surface area contributed by atoms with Gasteiger partial charge in [-0.25, -0.2) is 0 Å². The highest BCUT2D eigenvalue weighted by Gasteiger charge is 2.19. The summed E-state index contributed by atoms with van der Waals surface area (Å²) in [5.41, 5.74) is 1.54. The van der Waals surface area contributed by atoms with Gasteiger partial charge in [0.15, 0.2) is 0 Å². The van der Waals surface area contributed by atoms with Crippen molar-refractivity contribution in [3.8, 4) is 11.5 Å². The molecule has 1 amide bonds. The molecule has 120 valence electrons. The van der Waals surface area contributed by atoms with Crippen LogP contribution in [0.1, 0.15) is 12.5 Å². The van der Waals surface area contributed by atoms with E-state index in [4.69, 9.17) is 13.9 Å². The number of benzene rings is 1. The molecule has 23 heavy (non-hydrogen) atoms. The number of hydrogen-bond acceptors (Lipinski definition) is 5. The molecular formula is C17H17NO4S. The summed E-state index contributed by atoms with van der Waals surface area (Å²) in [5, 5.41) is 3.63. The number of furan rings is 1. The lowest BCUT2D eigenvalue weighted by atomic mass is 10.1. The second-order valence-corrected chi connectivity index (χ2v) is 6.08. The van der Waals surface area contributed by atoms with E-state index in [0.29, 0.717) is 36.0 Å². The highest BCUT2D eigenvalue weighted by Crippen LogP contribution is 2.41. The van der Waals surface area contributed by atoms with Gasteiger partial charge in [0, 0.05) is 6.07 Å². The summed E-state index contributed by atoms with van der Waals surface area (Å²) in [6.45, 7) is 6.53. The van der Waals surface area contributed by atoms with Gasteiger partial charge in [-0.2, -0.15) is 0 Å². The summed E-state index contributed by atoms with van der Waals surface area (Å²) in [6.07, 6.45) is 5.32. The van der Waals surface area contributed by atoms with E-state index < -0.39 is 0 Å². The maximum absolute atomic E-state index is 11.4. The van der Waals surface area contributed by atoms with Gasteiger partial charge < -0.3 is 19.2 Å². The number of carbonyl (C=O) groups excluding carboxylic acids is 1. The van der Waals surface area contributed by atoms with Gasteiger partial charge in [-0.3, -0.25) is 4.79 Å². The molecule has 6 heteroatoms. The Morgan fingerprint density at radius 2 is 2.30 bits per heavy atom. The van der Waals surface area contributed by atoms with E-state index in [1.54, 1.807) is 12.3 Å². The Hall–Kier alpha value is -2.34. The van der Waals surface area contributed by atoms with E-state index in [0.717, 1.165) is 16.7 Å². The quantitative estimate of drug-likeness (QED) is 0.832. The summed E-state index contributed by atoms with van der Waals surface area (Å²) in [6, 6.07) is 3.68. The van der Waals surface area contributed by atoms with E-state index in [-0.39, 0.29) is 5.24 Å². The average Bonchev–Trinajstić information content (AvgIpc) is 2.98. The van der Waals surface area contributed by atoms with Crippen LogP contribution >= 0.6 is 11.8 Å². The summed E-state index contributed by atoms with van der Waals surface area (Å²) in [4.78, 5) is 11.4. The molecule has 0 atom stereocenters. The van der Waals surface area contributed by atoms with Crippen LogP contribution in [0.15, 0.2) is 41.2 Å². The fourth-order valence-corrected chi connectivity index (χ4v) is 2.78. The van der Waals surface area contributed by atoms with Crippen molar-refractivity contribution < 1.29 is 18.7 Å². The van der Waals surface area contributed by atoms with Gasteiger partial charge in [0.1, 0.15) is 29.4 Å². The van der Waals surface area contributed by atoms with Gasteiger partial charge in [0.2, 0.25) is 0 Å². The lowest BCUT2D eigenvalue weighted by molar-refractivity contribution is 0.256. The molecule has 3 rings (SSSR count). The van der Waals surface area contributed by atoms with E-state index in [2.05, 4.69) is 11.9 Å². The van der Waals surface area contributed by atoms with Crippen LogP contribution in [0, 0.1) is 0 Å². The Morgan fingerprint density at radius 3 is 3.13 bits per heavy atom. The first-order chi connectivity index (χ1) is 11.2. The number of nitrogens with one attached hydrogen (secondary N) is 1. The van der Waals surface area contributed by atoms with Crippen LogP contribution in [0.3, 0.4) is 0 Å². The van der Waals surface area contributed by atoms with Crippen LogP contribution in [0.5, 0.6) is 11.5 Å². The summed E-state index contributed by atoms with van der Waals surface area (Å²) >= 11 is 1.24. The van der Waals surface area contributed by atoms with Crippen LogP contribution in [0.25, 0.3) is 17.0 Å². The summed E-state index contributed by atoms with van der Waals surface area (Å²) in [5.74, 6) is 2.66. The van der Waals surface area contributed by atoms with Crippen LogP contribution in [0.4, 0.5) is 4.79 Å². The zero-order valence-corrected chi connectivity index (χ0v) is 13.6. The van der Waals surface area contributed by atoms with Crippen molar-refractivity contribution in [3.05, 3.63) is 42.4 Å². The highest BCUT2D eigenvalue weighted by molar-refractivity contribution is 8.13. The molecular weight excluding hydrogens is 314 g/mol. The molecule has 5 nitrogen and oxygen atoms in total. The molecule has 2 heterocycles. The van der Waals surface area contributed by atoms with Crippen molar-refractivity contribution >= 4 is 34.0 Å². The number of carbonyl (C=O) groups is 1. The molecule has 0 spiro atoms. The first-order valence-electron chi connectivity index (χ1n) is 7.31. The third-order valence-corrected chi connectivity index (χ3v) is 3.98. The lowest BCUT2D eigenvalue weighted by Gasteiger charge is -2.18. The van der Waals surface area contributed by atoms with Crippen molar-refractivity contribution in [1.29, 1.82) is 0 Å². The smallest absolute Gasteiger partial charge is 0.279 e. The minimum atomic E-state index is -0.0424. The van der Waals surface area contributed by atoms with Gasteiger partial charge in [-0.15, -0.1) is 0 Å². The maximum atomic E-state index is 11.4. The number of fused-ring (bicyclic) bond motifs is 2. The van der Waals surface area contributed by atoms with Crippen LogP contribution < -0.4 is 14.8 Å². The Kier molecular flexibility index (Phi) is 4.62. The standard InChI is InChI=1S/C17H17NO4S/c1-3-23-17(19)18-7-9-21-16-12-5-4-11(2)22-15(12)10-14-13(16)6-8-20-14/h4-6,8,10H,2-3,7,9H2,1H3,(H,18,19). The Morgan fingerprint density at radius 1 is 1.43 bits per heavy atom. The van der Waals surface area contributed by atoms with Gasteiger partial charge in [0.25, 0.3) is 5.24 Å². The average molecular weight is 331 g/mol. The number of hydrogen-bond donors (Lipinski definition) is 1. The first-order valence-corrected chi connectivity index (χ1v) is 8.30. The molecule has 0 saturated carbocycles. The zero-order chi connectivity index (χ0) is 16.2. The number of rotatable bonds is 5. The Labute approximate surface area is 138 Å². The Balaban J connectivity index is 1.78. The molecule has 0 unspecified atom stereocenters. The molecule has 0 bridgehead atoms. The molecule has 0 saturated heterocycles. The third-order valence-electron chi connectivity index (χ3n) is 3.28. The Bertz CT molecular complexity index is 778. The number of allylic oxidation sites excluding steroid dienone is 1. The number of ether oxygens (including phenoxy) is 2. The molecule has 0 radical (unpaired) electrons. The number of amides is 1. The normalized spacial score (nSPS) is 12.8. The summed E-state index contributed by atoms with van der Waals surface area (Å²) in [7, 11) is 0. The molecule has 1 aromatic heterocycles. The fourth-order valence-electron chi connectivity index (χ4n) is 2.31. The molecule has 0 aliphatic carbocycles. The highest BCUT2D eigenvalue weighted by atomic mass is 32.2. The SMILES string of the molecule is C=C1C=Cc2c(cc3occc3c2OCCNC(=O)SCC)O1. The maximum Gasteiger partial charge on any atom is 0.279 e. The second kappa shape index (κ2) is 6.83. The third kappa shape index (κ3) is 3.37. The van der Waals surface area contributed by atoms with Crippen LogP contribution in [-0.2, 0) is 0 Å². The molecule has 1 aliphatic heterocycles. The molecule has 2 aromatic rings. The van der Waals surface area contributed by atoms with Gasteiger partial charge in [-0.1, -0.05) is 25.3 Å². The largest absolute Gasteiger partial charge is 0.490 e. The second-order valence-electron chi connectivity index (χ2n) is 4.85. The molecule has 0 fully saturated rings. The predicted octanol–water partition coefficient (Wildman–Crippen LogP) is 4.19. The van der Waals surface area contributed by atoms with Crippen LogP contribution in [0.2, 0.25) is 0 Å². The predicted molar refractivity (Wildman–Crippen MR) is 92.0 cm³/mol. The first kappa shape index (κ1) is 15.6. The van der Waals surface area contributed by atoms with Crippen molar-refractivity contribution in [1.82, 2.24) is 5.32 Å². The van der Waals surface area contributed by atoms with Crippen molar-refractivity contribution in [3.63, 3.8) is 0 Å². The van der Waals surface area contributed by atoms with E-state index in [1.807, 2.05) is 25.1 Å². The fraction of sp³-hybridized carbons (Fsp3) is 0.235. The van der Waals surface area contributed by atoms with Crippen molar-refractivity contribution in [2.45, 2.75) is 6.92 Å². The molecule has 1 aromatic carbocycles. The van der Waals surface area contributed by atoms with Gasteiger partial charge in [0.05, 0.1) is 23.8 Å². The monoisotopic (exact) mass is 331 g/mol. The minimum absolute atomic E-state index is 0.0424. The number of thioether (sulfide) groups is 1.